The number of hydrogen-bond acceptors (Lipinski definition) is 5. The van der Waals surface area contributed by atoms with Gasteiger partial charge in [0.15, 0.2) is 5.78 Å². The Bertz CT molecular complexity index is 343. The number of ether oxygens (including phenoxy) is 1. The van der Waals surface area contributed by atoms with Crippen LogP contribution in [0.4, 0.5) is 13.2 Å². The zero-order chi connectivity index (χ0) is 15.1. The summed E-state index contributed by atoms with van der Waals surface area (Å²) in [5, 5.41) is 10.6. The van der Waals surface area contributed by atoms with E-state index < -0.39 is 42.9 Å². The summed E-state index contributed by atoms with van der Waals surface area (Å²) >= 11 is 0. The topological polar surface area (TPSA) is 92.7 Å². The average Bonchev–Trinajstić information content (AvgIpc) is 2.30. The standard InChI is InChI=1S/C10H14F3NO5/c1-19-9(18)3-2-7(16)6(5-15)14-8(17)4-10(11,12)13/h6,15H,2-5H2,1H3,(H,14,17). The number of hydrogen-bond donors (Lipinski definition) is 2. The van der Waals surface area contributed by atoms with Crippen molar-refractivity contribution in [2.75, 3.05) is 13.7 Å². The molecule has 0 fully saturated rings. The van der Waals surface area contributed by atoms with Gasteiger partial charge in [0.05, 0.1) is 20.1 Å². The molecule has 9 heteroatoms. The Balaban J connectivity index is 4.30. The molecular formula is C10H14F3NO5. The largest absolute Gasteiger partial charge is 0.469 e. The van der Waals surface area contributed by atoms with Crippen LogP contribution in [-0.4, -0.2) is 48.7 Å². The number of methoxy groups -OCH3 is 1. The second-order valence-corrected chi connectivity index (χ2v) is 3.64. The minimum absolute atomic E-state index is 0.277. The number of aliphatic hydroxyl groups excluding tert-OH is 1. The molecule has 0 radical (unpaired) electrons. The minimum Gasteiger partial charge on any atom is -0.469 e. The van der Waals surface area contributed by atoms with Gasteiger partial charge in [0.1, 0.15) is 12.5 Å². The van der Waals surface area contributed by atoms with Gasteiger partial charge in [-0.15, -0.1) is 0 Å². The molecule has 0 bridgehead atoms. The number of amides is 1. The fraction of sp³-hybridized carbons (Fsp3) is 0.700. The number of ketones is 1. The summed E-state index contributed by atoms with van der Waals surface area (Å²) in [6, 6.07) is -1.46. The maximum absolute atomic E-state index is 11.9. The highest BCUT2D eigenvalue weighted by atomic mass is 19.4. The summed E-state index contributed by atoms with van der Waals surface area (Å²) in [6.07, 6.45) is -7.06. The lowest BCUT2D eigenvalue weighted by Crippen LogP contribution is -2.44. The third-order valence-corrected chi connectivity index (χ3v) is 2.07. The Morgan fingerprint density at radius 3 is 2.26 bits per heavy atom. The number of alkyl halides is 3. The van der Waals surface area contributed by atoms with E-state index in [1.54, 1.807) is 5.32 Å². The van der Waals surface area contributed by atoms with E-state index in [-0.39, 0.29) is 12.8 Å². The predicted octanol–water partition coefficient (Wildman–Crippen LogP) is -0.0618. The minimum atomic E-state index is -4.70. The lowest BCUT2D eigenvalue weighted by Gasteiger charge is -2.15. The van der Waals surface area contributed by atoms with Crippen LogP contribution in [0, 0.1) is 0 Å². The molecule has 0 saturated carbocycles. The Kier molecular flexibility index (Phi) is 7.05. The van der Waals surface area contributed by atoms with Crippen LogP contribution in [0.1, 0.15) is 19.3 Å². The van der Waals surface area contributed by atoms with Gasteiger partial charge in [-0.05, 0) is 0 Å². The molecule has 110 valence electrons. The number of rotatable bonds is 7. The first-order valence-electron chi connectivity index (χ1n) is 5.26. The molecule has 1 atom stereocenters. The molecule has 0 heterocycles. The second-order valence-electron chi connectivity index (χ2n) is 3.64. The normalized spacial score (nSPS) is 12.7. The first kappa shape index (κ1) is 17.4. The molecule has 0 rings (SSSR count). The number of halogens is 3. The predicted molar refractivity (Wildman–Crippen MR) is 55.9 cm³/mol. The third-order valence-electron chi connectivity index (χ3n) is 2.07. The van der Waals surface area contributed by atoms with E-state index in [9.17, 15) is 27.6 Å². The van der Waals surface area contributed by atoms with Gasteiger partial charge in [0.2, 0.25) is 5.91 Å². The van der Waals surface area contributed by atoms with Crippen LogP contribution in [0.2, 0.25) is 0 Å². The van der Waals surface area contributed by atoms with Crippen molar-refractivity contribution >= 4 is 17.7 Å². The van der Waals surface area contributed by atoms with Crippen molar-refractivity contribution in [3.63, 3.8) is 0 Å². The second kappa shape index (κ2) is 7.72. The number of esters is 1. The molecule has 0 spiro atoms. The molecule has 0 aliphatic carbocycles. The zero-order valence-electron chi connectivity index (χ0n) is 10.1. The van der Waals surface area contributed by atoms with Crippen molar-refractivity contribution in [3.8, 4) is 0 Å². The molecule has 19 heavy (non-hydrogen) atoms. The Labute approximate surface area is 106 Å². The molecule has 1 unspecified atom stereocenters. The summed E-state index contributed by atoms with van der Waals surface area (Å²) < 4.78 is 39.9. The van der Waals surface area contributed by atoms with E-state index in [4.69, 9.17) is 5.11 Å². The number of aliphatic hydroxyl groups is 1. The van der Waals surface area contributed by atoms with Gasteiger partial charge in [-0.2, -0.15) is 13.2 Å². The lowest BCUT2D eigenvalue weighted by molar-refractivity contribution is -0.155. The smallest absolute Gasteiger partial charge is 0.397 e. The van der Waals surface area contributed by atoms with E-state index in [2.05, 4.69) is 4.74 Å². The van der Waals surface area contributed by atoms with Crippen LogP contribution >= 0.6 is 0 Å². The van der Waals surface area contributed by atoms with Crippen LogP contribution < -0.4 is 5.32 Å². The molecule has 0 aromatic carbocycles. The highest BCUT2D eigenvalue weighted by Crippen LogP contribution is 2.19. The van der Waals surface area contributed by atoms with Gasteiger partial charge in [-0.3, -0.25) is 14.4 Å². The van der Waals surface area contributed by atoms with Gasteiger partial charge in [-0.1, -0.05) is 0 Å². The maximum atomic E-state index is 11.9. The van der Waals surface area contributed by atoms with E-state index in [1.807, 2.05) is 0 Å². The quantitative estimate of drug-likeness (QED) is 0.639. The van der Waals surface area contributed by atoms with Crippen molar-refractivity contribution in [3.05, 3.63) is 0 Å². The molecule has 0 aromatic heterocycles. The number of carbonyl (C=O) groups is 3. The van der Waals surface area contributed by atoms with Gasteiger partial charge in [0.25, 0.3) is 0 Å². The van der Waals surface area contributed by atoms with E-state index >= 15 is 0 Å². The molecule has 6 nitrogen and oxygen atoms in total. The summed E-state index contributed by atoms with van der Waals surface area (Å²) in [7, 11) is 1.11. The van der Waals surface area contributed by atoms with Crippen LogP contribution in [0.5, 0.6) is 0 Å². The first-order chi connectivity index (χ1) is 8.69. The van der Waals surface area contributed by atoms with Gasteiger partial charge < -0.3 is 15.2 Å². The van der Waals surface area contributed by atoms with Crippen molar-refractivity contribution < 1.29 is 37.4 Å². The van der Waals surface area contributed by atoms with Crippen LogP contribution in [0.25, 0.3) is 0 Å². The van der Waals surface area contributed by atoms with Crippen LogP contribution in [0.3, 0.4) is 0 Å². The van der Waals surface area contributed by atoms with Crippen molar-refractivity contribution in [2.24, 2.45) is 0 Å². The van der Waals surface area contributed by atoms with Gasteiger partial charge in [-0.25, -0.2) is 0 Å². The van der Waals surface area contributed by atoms with Gasteiger partial charge in [0, 0.05) is 6.42 Å². The SMILES string of the molecule is COC(=O)CCC(=O)C(CO)NC(=O)CC(F)(F)F. The monoisotopic (exact) mass is 285 g/mol. The molecule has 2 N–H and O–H groups in total. The maximum Gasteiger partial charge on any atom is 0.397 e. The highest BCUT2D eigenvalue weighted by molar-refractivity contribution is 5.91. The van der Waals surface area contributed by atoms with E-state index in [1.165, 1.54) is 0 Å². The van der Waals surface area contributed by atoms with Crippen molar-refractivity contribution in [2.45, 2.75) is 31.5 Å². The number of Topliss-reactive ketones (excluding diaryl/α,β-unsaturated/α-hetero) is 1. The molecule has 0 aliphatic rings. The summed E-state index contributed by atoms with van der Waals surface area (Å²) in [6.45, 7) is -0.844. The van der Waals surface area contributed by atoms with Crippen molar-refractivity contribution in [1.82, 2.24) is 5.32 Å². The summed E-state index contributed by atoms with van der Waals surface area (Å²) in [4.78, 5) is 33.1. The molecular weight excluding hydrogens is 271 g/mol. The Hall–Kier alpha value is -1.64. The molecule has 1 amide bonds. The first-order valence-corrected chi connectivity index (χ1v) is 5.26. The van der Waals surface area contributed by atoms with Gasteiger partial charge >= 0.3 is 12.1 Å². The average molecular weight is 285 g/mol. The molecule has 0 aliphatic heterocycles. The van der Waals surface area contributed by atoms with E-state index in [0.29, 0.717) is 0 Å². The molecule has 0 saturated heterocycles. The van der Waals surface area contributed by atoms with Crippen molar-refractivity contribution in [1.29, 1.82) is 0 Å². The third kappa shape index (κ3) is 8.14. The Morgan fingerprint density at radius 1 is 1.26 bits per heavy atom. The Morgan fingerprint density at radius 2 is 1.84 bits per heavy atom. The van der Waals surface area contributed by atoms with Crippen LogP contribution in [0.15, 0.2) is 0 Å². The zero-order valence-corrected chi connectivity index (χ0v) is 10.1. The summed E-state index contributed by atoms with van der Waals surface area (Å²) in [5.74, 6) is -2.84. The number of carbonyl (C=O) groups excluding carboxylic acids is 3. The molecule has 0 aromatic rings. The van der Waals surface area contributed by atoms with Crippen LogP contribution in [-0.2, 0) is 19.1 Å². The number of nitrogens with one attached hydrogen (secondary N) is 1. The fourth-order valence-electron chi connectivity index (χ4n) is 1.16. The van der Waals surface area contributed by atoms with E-state index in [0.717, 1.165) is 7.11 Å². The fourth-order valence-corrected chi connectivity index (χ4v) is 1.16. The lowest BCUT2D eigenvalue weighted by atomic mass is 10.1. The summed E-state index contributed by atoms with van der Waals surface area (Å²) in [5.41, 5.74) is 0. The highest BCUT2D eigenvalue weighted by Gasteiger charge is 2.32.